The minimum Gasteiger partial charge on any atom is -0.454 e. The number of carbonyl (C=O) groups excluding carboxylic acids is 1. The van der Waals surface area contributed by atoms with Crippen molar-refractivity contribution in [2.45, 2.75) is 0 Å². The third-order valence-electron chi connectivity index (χ3n) is 3.03. The molecule has 3 rings (SSSR count). The molecule has 0 bridgehead atoms. The van der Waals surface area contributed by atoms with Crippen LogP contribution in [0.5, 0.6) is 11.5 Å². The molecule has 0 amide bonds. The molecular formula is C16H11FO3. The fourth-order valence-electron chi connectivity index (χ4n) is 2.00. The van der Waals surface area contributed by atoms with Crippen LogP contribution in [-0.2, 0) is 4.79 Å². The molecule has 2 aromatic rings. The summed E-state index contributed by atoms with van der Waals surface area (Å²) < 4.78 is 23.4. The van der Waals surface area contributed by atoms with Crippen molar-refractivity contribution in [1.29, 1.82) is 0 Å². The van der Waals surface area contributed by atoms with Gasteiger partial charge in [0, 0.05) is 5.57 Å². The van der Waals surface area contributed by atoms with E-state index >= 15 is 0 Å². The topological polar surface area (TPSA) is 35.5 Å². The molecule has 0 unspecified atom stereocenters. The van der Waals surface area contributed by atoms with Crippen LogP contribution in [0.3, 0.4) is 0 Å². The molecule has 2 aromatic carbocycles. The molecule has 0 N–H and O–H groups in total. The van der Waals surface area contributed by atoms with Gasteiger partial charge in [0.1, 0.15) is 5.82 Å². The number of aldehydes is 1. The maximum atomic E-state index is 12.9. The Balaban J connectivity index is 1.97. The monoisotopic (exact) mass is 270 g/mol. The fourth-order valence-corrected chi connectivity index (χ4v) is 2.00. The van der Waals surface area contributed by atoms with Crippen molar-refractivity contribution in [1.82, 2.24) is 0 Å². The van der Waals surface area contributed by atoms with Gasteiger partial charge < -0.3 is 9.47 Å². The molecule has 1 heterocycles. The Morgan fingerprint density at radius 2 is 1.80 bits per heavy atom. The van der Waals surface area contributed by atoms with E-state index < -0.39 is 0 Å². The Hall–Kier alpha value is -2.62. The Kier molecular flexibility index (Phi) is 3.21. The van der Waals surface area contributed by atoms with Gasteiger partial charge >= 0.3 is 0 Å². The Bertz CT molecular complexity index is 675. The van der Waals surface area contributed by atoms with Crippen molar-refractivity contribution in [2.75, 3.05) is 6.79 Å². The van der Waals surface area contributed by atoms with E-state index in [9.17, 15) is 9.18 Å². The summed E-state index contributed by atoms with van der Waals surface area (Å²) in [6.07, 6.45) is 2.46. The van der Waals surface area contributed by atoms with Crippen LogP contribution in [-0.4, -0.2) is 13.1 Å². The van der Waals surface area contributed by atoms with Crippen LogP contribution in [0.25, 0.3) is 11.6 Å². The molecular weight excluding hydrogens is 259 g/mol. The largest absolute Gasteiger partial charge is 0.454 e. The van der Waals surface area contributed by atoms with Gasteiger partial charge in [-0.2, -0.15) is 0 Å². The van der Waals surface area contributed by atoms with Crippen molar-refractivity contribution in [3.05, 3.63) is 59.4 Å². The average molecular weight is 270 g/mol. The molecule has 4 heteroatoms. The second-order valence-corrected chi connectivity index (χ2v) is 4.34. The Labute approximate surface area is 115 Å². The number of hydrogen-bond acceptors (Lipinski definition) is 3. The predicted molar refractivity (Wildman–Crippen MR) is 72.9 cm³/mol. The summed E-state index contributed by atoms with van der Waals surface area (Å²) in [5.74, 6) is 0.980. The normalized spacial score (nSPS) is 13.3. The number of halogens is 1. The summed E-state index contributed by atoms with van der Waals surface area (Å²) in [6.45, 7) is 0.191. The summed E-state index contributed by atoms with van der Waals surface area (Å²) in [4.78, 5) is 11.3. The Morgan fingerprint density at radius 1 is 1.05 bits per heavy atom. The molecule has 0 fully saturated rings. The zero-order valence-corrected chi connectivity index (χ0v) is 10.5. The van der Waals surface area contributed by atoms with Crippen molar-refractivity contribution in [3.8, 4) is 11.5 Å². The zero-order valence-electron chi connectivity index (χ0n) is 10.5. The minimum atomic E-state index is -0.308. The van der Waals surface area contributed by atoms with Crippen LogP contribution in [0, 0.1) is 5.82 Å². The molecule has 0 saturated heterocycles. The number of ether oxygens (including phenoxy) is 2. The van der Waals surface area contributed by atoms with Gasteiger partial charge in [-0.3, -0.25) is 4.79 Å². The van der Waals surface area contributed by atoms with Gasteiger partial charge in [0.15, 0.2) is 17.8 Å². The molecule has 0 atom stereocenters. The van der Waals surface area contributed by atoms with Crippen LogP contribution < -0.4 is 9.47 Å². The van der Waals surface area contributed by atoms with Crippen LogP contribution in [0.15, 0.2) is 42.5 Å². The van der Waals surface area contributed by atoms with Gasteiger partial charge in [0.05, 0.1) is 0 Å². The molecule has 100 valence electrons. The number of rotatable bonds is 3. The number of carbonyl (C=O) groups is 1. The SMILES string of the molecule is O=C/C(=C/c1ccc(F)cc1)c1ccc2c(c1)OCO2. The highest BCUT2D eigenvalue weighted by molar-refractivity contribution is 6.13. The van der Waals surface area contributed by atoms with E-state index in [2.05, 4.69) is 0 Å². The molecule has 0 radical (unpaired) electrons. The van der Waals surface area contributed by atoms with E-state index in [0.29, 0.717) is 17.1 Å². The summed E-state index contributed by atoms with van der Waals surface area (Å²) in [7, 11) is 0. The number of benzene rings is 2. The second-order valence-electron chi connectivity index (χ2n) is 4.34. The van der Waals surface area contributed by atoms with Crippen LogP contribution >= 0.6 is 0 Å². The van der Waals surface area contributed by atoms with Crippen molar-refractivity contribution in [2.24, 2.45) is 0 Å². The molecule has 1 aliphatic heterocycles. The number of fused-ring (bicyclic) bond motifs is 1. The summed E-state index contributed by atoms with van der Waals surface area (Å²) in [6, 6.07) is 11.3. The molecule has 20 heavy (non-hydrogen) atoms. The average Bonchev–Trinajstić information content (AvgIpc) is 2.94. The summed E-state index contributed by atoms with van der Waals surface area (Å²) in [5.41, 5.74) is 1.98. The lowest BCUT2D eigenvalue weighted by Crippen LogP contribution is -1.93. The Morgan fingerprint density at radius 3 is 2.55 bits per heavy atom. The van der Waals surface area contributed by atoms with E-state index in [-0.39, 0.29) is 12.6 Å². The highest BCUT2D eigenvalue weighted by atomic mass is 19.1. The van der Waals surface area contributed by atoms with E-state index in [0.717, 1.165) is 17.4 Å². The van der Waals surface area contributed by atoms with Crippen molar-refractivity contribution in [3.63, 3.8) is 0 Å². The lowest BCUT2D eigenvalue weighted by Gasteiger charge is -2.03. The van der Waals surface area contributed by atoms with Crippen molar-refractivity contribution >= 4 is 17.9 Å². The second kappa shape index (κ2) is 5.17. The lowest BCUT2D eigenvalue weighted by molar-refractivity contribution is -0.103. The maximum Gasteiger partial charge on any atom is 0.231 e. The third kappa shape index (κ3) is 2.40. The van der Waals surface area contributed by atoms with Gasteiger partial charge in [0.25, 0.3) is 0 Å². The molecule has 0 aliphatic carbocycles. The third-order valence-corrected chi connectivity index (χ3v) is 3.03. The standard InChI is InChI=1S/C16H11FO3/c17-14-4-1-11(2-5-14)7-13(9-18)12-3-6-15-16(8-12)20-10-19-15/h1-9H,10H2/b13-7-. The first kappa shape index (κ1) is 12.4. The van der Waals surface area contributed by atoms with Gasteiger partial charge in [-0.05, 0) is 41.5 Å². The minimum absolute atomic E-state index is 0.191. The number of hydrogen-bond donors (Lipinski definition) is 0. The van der Waals surface area contributed by atoms with E-state index in [1.165, 1.54) is 12.1 Å². The van der Waals surface area contributed by atoms with Gasteiger partial charge in [0.2, 0.25) is 6.79 Å². The van der Waals surface area contributed by atoms with Crippen LogP contribution in [0.2, 0.25) is 0 Å². The number of allylic oxidation sites excluding steroid dienone is 1. The first-order valence-electron chi connectivity index (χ1n) is 6.09. The quantitative estimate of drug-likeness (QED) is 0.487. The van der Waals surface area contributed by atoms with E-state index in [1.54, 1.807) is 36.4 Å². The zero-order chi connectivity index (χ0) is 13.9. The van der Waals surface area contributed by atoms with Gasteiger partial charge in [-0.25, -0.2) is 4.39 Å². The maximum absolute atomic E-state index is 12.9. The highest BCUT2D eigenvalue weighted by Gasteiger charge is 2.14. The molecule has 0 aromatic heterocycles. The van der Waals surface area contributed by atoms with E-state index in [4.69, 9.17) is 9.47 Å². The van der Waals surface area contributed by atoms with Crippen LogP contribution in [0.4, 0.5) is 4.39 Å². The summed E-state index contributed by atoms with van der Waals surface area (Å²) >= 11 is 0. The van der Waals surface area contributed by atoms with Gasteiger partial charge in [-0.15, -0.1) is 0 Å². The fraction of sp³-hybridized carbons (Fsp3) is 0.0625. The first-order valence-corrected chi connectivity index (χ1v) is 6.09. The summed E-state index contributed by atoms with van der Waals surface area (Å²) in [5, 5.41) is 0. The molecule has 0 saturated carbocycles. The van der Waals surface area contributed by atoms with Crippen LogP contribution in [0.1, 0.15) is 11.1 Å². The lowest BCUT2D eigenvalue weighted by atomic mass is 10.0. The van der Waals surface area contributed by atoms with Crippen molar-refractivity contribution < 1.29 is 18.7 Å². The molecule has 0 spiro atoms. The first-order chi connectivity index (χ1) is 9.76. The molecule has 3 nitrogen and oxygen atoms in total. The highest BCUT2D eigenvalue weighted by Crippen LogP contribution is 2.34. The predicted octanol–water partition coefficient (Wildman–Crippen LogP) is 3.29. The smallest absolute Gasteiger partial charge is 0.231 e. The van der Waals surface area contributed by atoms with E-state index in [1.807, 2.05) is 0 Å². The molecule has 1 aliphatic rings. The van der Waals surface area contributed by atoms with Gasteiger partial charge in [-0.1, -0.05) is 18.2 Å².